The van der Waals surface area contributed by atoms with E-state index in [1.807, 2.05) is 32.0 Å². The Kier molecular flexibility index (Phi) is 8.61. The van der Waals surface area contributed by atoms with E-state index in [1.54, 1.807) is 7.11 Å². The van der Waals surface area contributed by atoms with Crippen LogP contribution in [0.3, 0.4) is 0 Å². The van der Waals surface area contributed by atoms with E-state index in [4.69, 9.17) is 16.3 Å². The molecule has 4 nitrogen and oxygen atoms in total. The van der Waals surface area contributed by atoms with Crippen LogP contribution in [0.25, 0.3) is 0 Å². The molecule has 174 valence electrons. The topological polar surface area (TPSA) is 32.8 Å². The van der Waals surface area contributed by atoms with Crippen molar-refractivity contribution in [3.8, 4) is 5.75 Å². The molecule has 5 heteroatoms. The normalized spacial score (nSPS) is 19.0. The van der Waals surface area contributed by atoms with E-state index in [0.717, 1.165) is 43.5 Å². The Morgan fingerprint density at radius 2 is 1.84 bits per heavy atom. The highest BCUT2D eigenvalue weighted by atomic mass is 35.5. The van der Waals surface area contributed by atoms with Crippen molar-refractivity contribution < 1.29 is 9.53 Å². The second kappa shape index (κ2) is 11.2. The number of carbonyl (C=O) groups is 1. The van der Waals surface area contributed by atoms with Gasteiger partial charge in [-0.15, -0.1) is 0 Å². The van der Waals surface area contributed by atoms with Gasteiger partial charge in [-0.05, 0) is 47.2 Å². The molecule has 32 heavy (non-hydrogen) atoms. The van der Waals surface area contributed by atoms with Crippen LogP contribution < -0.4 is 4.74 Å². The summed E-state index contributed by atoms with van der Waals surface area (Å²) in [6.45, 7) is 12.8. The summed E-state index contributed by atoms with van der Waals surface area (Å²) < 4.78 is 5.50. The molecule has 1 aliphatic heterocycles. The van der Waals surface area contributed by atoms with Crippen LogP contribution in [0.5, 0.6) is 5.75 Å². The summed E-state index contributed by atoms with van der Waals surface area (Å²) in [5.41, 5.74) is 2.55. The second-order valence-corrected chi connectivity index (χ2v) is 10.2. The number of ether oxygens (including phenoxy) is 1. The van der Waals surface area contributed by atoms with Crippen molar-refractivity contribution >= 4 is 17.5 Å². The molecular weight excluding hydrogens is 420 g/mol. The van der Waals surface area contributed by atoms with E-state index in [9.17, 15) is 4.79 Å². The Morgan fingerprint density at radius 1 is 1.12 bits per heavy atom. The average molecular weight is 457 g/mol. The minimum atomic E-state index is 0.00981. The van der Waals surface area contributed by atoms with E-state index in [1.165, 1.54) is 11.1 Å². The maximum atomic E-state index is 13.0. The molecule has 0 radical (unpaired) electrons. The number of likely N-dealkylation sites (tertiary alicyclic amines) is 1. The van der Waals surface area contributed by atoms with Gasteiger partial charge in [0, 0.05) is 49.6 Å². The molecule has 2 atom stereocenters. The molecule has 2 aromatic carbocycles. The third-order valence-corrected chi connectivity index (χ3v) is 6.46. The van der Waals surface area contributed by atoms with Crippen molar-refractivity contribution in [2.45, 2.75) is 40.2 Å². The first kappa shape index (κ1) is 24.6. The van der Waals surface area contributed by atoms with Gasteiger partial charge in [-0.25, -0.2) is 0 Å². The monoisotopic (exact) mass is 456 g/mol. The van der Waals surface area contributed by atoms with Crippen LogP contribution in [0.4, 0.5) is 0 Å². The molecule has 0 saturated carbocycles. The van der Waals surface area contributed by atoms with Gasteiger partial charge in [0.2, 0.25) is 5.91 Å². The standard InChI is InChI=1S/C27H37ClN2O2/c1-19(2)14-30(27(31)20(3)4)17-23-16-29(15-21-9-11-24(28)12-10-21)18-26(23)22-7-6-8-25(13-22)32-5/h6-13,19-20,23,26H,14-18H2,1-5H3. The molecule has 0 aromatic heterocycles. The maximum absolute atomic E-state index is 13.0. The number of halogens is 1. The molecule has 1 saturated heterocycles. The predicted molar refractivity (Wildman–Crippen MR) is 132 cm³/mol. The van der Waals surface area contributed by atoms with Gasteiger partial charge in [0.1, 0.15) is 5.75 Å². The van der Waals surface area contributed by atoms with Crippen LogP contribution in [-0.2, 0) is 11.3 Å². The minimum Gasteiger partial charge on any atom is -0.497 e. The fourth-order valence-electron chi connectivity index (χ4n) is 4.72. The molecule has 0 N–H and O–H groups in total. The molecule has 0 aliphatic carbocycles. The van der Waals surface area contributed by atoms with Crippen LogP contribution >= 0.6 is 11.6 Å². The summed E-state index contributed by atoms with van der Waals surface area (Å²) in [5.74, 6) is 2.31. The van der Waals surface area contributed by atoms with E-state index in [-0.39, 0.29) is 11.8 Å². The lowest BCUT2D eigenvalue weighted by molar-refractivity contribution is -0.135. The van der Waals surface area contributed by atoms with Crippen molar-refractivity contribution in [3.05, 3.63) is 64.7 Å². The quantitative estimate of drug-likeness (QED) is 0.484. The number of amides is 1. The molecule has 1 heterocycles. The number of hydrogen-bond acceptors (Lipinski definition) is 3. The molecule has 3 rings (SSSR count). The third-order valence-electron chi connectivity index (χ3n) is 6.20. The van der Waals surface area contributed by atoms with Crippen molar-refractivity contribution in [1.82, 2.24) is 9.80 Å². The fourth-order valence-corrected chi connectivity index (χ4v) is 4.84. The largest absolute Gasteiger partial charge is 0.497 e. The summed E-state index contributed by atoms with van der Waals surface area (Å²) in [6, 6.07) is 16.5. The summed E-state index contributed by atoms with van der Waals surface area (Å²) in [4.78, 5) is 17.6. The highest BCUT2D eigenvalue weighted by molar-refractivity contribution is 6.30. The molecule has 0 spiro atoms. The second-order valence-electron chi connectivity index (χ2n) is 9.76. The summed E-state index contributed by atoms with van der Waals surface area (Å²) in [6.07, 6.45) is 0. The lowest BCUT2D eigenvalue weighted by Gasteiger charge is -2.31. The minimum absolute atomic E-state index is 0.00981. The van der Waals surface area contributed by atoms with Gasteiger partial charge >= 0.3 is 0 Å². The first-order valence-electron chi connectivity index (χ1n) is 11.7. The van der Waals surface area contributed by atoms with Gasteiger partial charge in [0.05, 0.1) is 7.11 Å². The summed E-state index contributed by atoms with van der Waals surface area (Å²) >= 11 is 6.07. The van der Waals surface area contributed by atoms with Gasteiger partial charge in [-0.2, -0.15) is 0 Å². The maximum Gasteiger partial charge on any atom is 0.225 e. The first-order valence-corrected chi connectivity index (χ1v) is 12.0. The van der Waals surface area contributed by atoms with Crippen molar-refractivity contribution in [2.24, 2.45) is 17.8 Å². The number of carbonyl (C=O) groups excluding carboxylic acids is 1. The molecule has 2 unspecified atom stereocenters. The highest BCUT2D eigenvalue weighted by Crippen LogP contribution is 2.36. The number of methoxy groups -OCH3 is 1. The predicted octanol–water partition coefficient (Wildman–Crippen LogP) is 5.70. The van der Waals surface area contributed by atoms with E-state index in [0.29, 0.717) is 17.8 Å². The molecular formula is C27H37ClN2O2. The van der Waals surface area contributed by atoms with Crippen LogP contribution in [0, 0.1) is 17.8 Å². The molecule has 0 bridgehead atoms. The molecule has 2 aromatic rings. The Labute approximate surface area is 198 Å². The van der Waals surface area contributed by atoms with Gasteiger partial charge < -0.3 is 9.64 Å². The van der Waals surface area contributed by atoms with Crippen molar-refractivity contribution in [2.75, 3.05) is 33.3 Å². The smallest absolute Gasteiger partial charge is 0.225 e. The number of nitrogens with zero attached hydrogens (tertiary/aromatic N) is 2. The Balaban J connectivity index is 1.84. The zero-order valence-electron chi connectivity index (χ0n) is 20.1. The average Bonchev–Trinajstić information content (AvgIpc) is 3.16. The van der Waals surface area contributed by atoms with E-state index < -0.39 is 0 Å². The van der Waals surface area contributed by atoms with Crippen LogP contribution in [-0.4, -0.2) is 49.0 Å². The van der Waals surface area contributed by atoms with Crippen molar-refractivity contribution in [3.63, 3.8) is 0 Å². The van der Waals surface area contributed by atoms with Gasteiger partial charge in [0.15, 0.2) is 0 Å². The van der Waals surface area contributed by atoms with E-state index in [2.05, 4.69) is 54.0 Å². The summed E-state index contributed by atoms with van der Waals surface area (Å²) in [5, 5.41) is 0.763. The Hall–Kier alpha value is -2.04. The molecule has 1 amide bonds. The Morgan fingerprint density at radius 3 is 2.47 bits per heavy atom. The molecule has 1 fully saturated rings. The van der Waals surface area contributed by atoms with Crippen molar-refractivity contribution in [1.29, 1.82) is 0 Å². The van der Waals surface area contributed by atoms with Gasteiger partial charge in [-0.1, -0.05) is 63.6 Å². The first-order chi connectivity index (χ1) is 15.3. The third kappa shape index (κ3) is 6.49. The van der Waals surface area contributed by atoms with Crippen LogP contribution in [0.1, 0.15) is 44.7 Å². The Bertz CT molecular complexity index is 881. The highest BCUT2D eigenvalue weighted by Gasteiger charge is 2.36. The number of rotatable bonds is 9. The SMILES string of the molecule is COc1cccc(C2CN(Cc3ccc(Cl)cc3)CC2CN(CC(C)C)C(=O)C(C)C)c1. The number of hydrogen-bond donors (Lipinski definition) is 0. The van der Waals surface area contributed by atoms with Crippen LogP contribution in [0.15, 0.2) is 48.5 Å². The number of benzene rings is 2. The van der Waals surface area contributed by atoms with Crippen LogP contribution in [0.2, 0.25) is 5.02 Å². The zero-order chi connectivity index (χ0) is 23.3. The molecule has 1 aliphatic rings. The van der Waals surface area contributed by atoms with E-state index >= 15 is 0 Å². The zero-order valence-corrected chi connectivity index (χ0v) is 20.8. The fraction of sp³-hybridized carbons (Fsp3) is 0.519. The summed E-state index contributed by atoms with van der Waals surface area (Å²) in [7, 11) is 1.71. The lowest BCUT2D eigenvalue weighted by Crippen LogP contribution is -2.41. The lowest BCUT2D eigenvalue weighted by atomic mass is 9.88. The van der Waals surface area contributed by atoms with Gasteiger partial charge in [0.25, 0.3) is 0 Å². The van der Waals surface area contributed by atoms with Gasteiger partial charge in [-0.3, -0.25) is 9.69 Å².